The Balaban J connectivity index is 0.000000401. The number of para-hydroxylation sites is 1. The molecule has 2 rings (SSSR count). The van der Waals surface area contributed by atoms with Crippen molar-refractivity contribution in [2.45, 2.75) is 58.9 Å². The van der Waals surface area contributed by atoms with Gasteiger partial charge in [-0.2, -0.15) is 0 Å². The van der Waals surface area contributed by atoms with E-state index in [1.807, 2.05) is 18.2 Å². The zero-order valence-corrected chi connectivity index (χ0v) is 16.5. The largest absolute Gasteiger partial charge is 0.508 e. The Morgan fingerprint density at radius 3 is 1.65 bits per heavy atom. The van der Waals surface area contributed by atoms with Gasteiger partial charge in [-0.15, -0.1) is 0 Å². The molecule has 2 aromatic carbocycles. The van der Waals surface area contributed by atoms with Crippen LogP contribution in [0.1, 0.15) is 58.2 Å². The van der Waals surface area contributed by atoms with Gasteiger partial charge in [-0.25, -0.2) is 9.79 Å². The summed E-state index contributed by atoms with van der Waals surface area (Å²) in [4.78, 5) is 13.9. The highest BCUT2D eigenvalue weighted by molar-refractivity contribution is 5.50. The minimum atomic E-state index is -0.162. The molecule has 0 aliphatic rings. The number of benzene rings is 2. The molecule has 140 valence electrons. The maximum absolute atomic E-state index is 10.5. The Hall–Kier alpha value is -2.58. The standard InChI is InChI=1S/C16H23NO2.C6H6O/c1-15(2,3)12-7-11(9-17-10-18)8-13(14(12)19)16(4,5)6;7-6-4-2-1-3-5-6/h7-8,19H,9H2,1-6H3;1-5,7H. The molecule has 0 amide bonds. The van der Waals surface area contributed by atoms with E-state index < -0.39 is 0 Å². The topological polar surface area (TPSA) is 69.9 Å². The lowest BCUT2D eigenvalue weighted by Crippen LogP contribution is -2.17. The van der Waals surface area contributed by atoms with E-state index in [4.69, 9.17) is 5.11 Å². The third-order valence-electron chi connectivity index (χ3n) is 3.87. The summed E-state index contributed by atoms with van der Waals surface area (Å²) in [6.45, 7) is 12.6. The van der Waals surface area contributed by atoms with Gasteiger partial charge in [0.15, 0.2) is 0 Å². The molecule has 4 nitrogen and oxygen atoms in total. The van der Waals surface area contributed by atoms with Crippen molar-refractivity contribution in [2.75, 3.05) is 0 Å². The van der Waals surface area contributed by atoms with E-state index in [1.54, 1.807) is 30.3 Å². The van der Waals surface area contributed by atoms with Crippen LogP contribution in [0.2, 0.25) is 0 Å². The molecule has 4 heteroatoms. The molecule has 0 heterocycles. The van der Waals surface area contributed by atoms with Gasteiger partial charge in [-0.05, 0) is 51.8 Å². The number of hydrogen-bond acceptors (Lipinski definition) is 4. The third kappa shape index (κ3) is 6.38. The molecule has 0 atom stereocenters. The Kier molecular flexibility index (Phi) is 7.17. The van der Waals surface area contributed by atoms with Gasteiger partial charge < -0.3 is 10.2 Å². The van der Waals surface area contributed by atoms with E-state index in [0.29, 0.717) is 18.0 Å². The lowest BCUT2D eigenvalue weighted by Gasteiger charge is -2.28. The minimum absolute atomic E-state index is 0.162. The van der Waals surface area contributed by atoms with Crippen molar-refractivity contribution in [1.29, 1.82) is 0 Å². The Morgan fingerprint density at radius 1 is 0.885 bits per heavy atom. The zero-order chi connectivity index (χ0) is 20.0. The number of hydrogen-bond donors (Lipinski definition) is 2. The number of aromatic hydroxyl groups is 2. The summed E-state index contributed by atoms with van der Waals surface area (Å²) in [5.74, 6) is 0.668. The highest BCUT2D eigenvalue weighted by atomic mass is 16.3. The first-order valence-corrected chi connectivity index (χ1v) is 8.61. The molecule has 0 bridgehead atoms. The summed E-state index contributed by atoms with van der Waals surface area (Å²) >= 11 is 0. The van der Waals surface area contributed by atoms with Crippen LogP contribution in [-0.4, -0.2) is 16.3 Å². The predicted molar refractivity (Wildman–Crippen MR) is 105 cm³/mol. The van der Waals surface area contributed by atoms with E-state index in [-0.39, 0.29) is 10.8 Å². The summed E-state index contributed by atoms with van der Waals surface area (Å²) in [6.07, 6.45) is 1.56. The van der Waals surface area contributed by atoms with Gasteiger partial charge in [-0.3, -0.25) is 0 Å². The van der Waals surface area contributed by atoms with Crippen molar-refractivity contribution in [3.05, 3.63) is 59.2 Å². The molecule has 26 heavy (non-hydrogen) atoms. The van der Waals surface area contributed by atoms with Crippen LogP contribution in [0.4, 0.5) is 0 Å². The first kappa shape index (κ1) is 21.5. The van der Waals surface area contributed by atoms with E-state index in [9.17, 15) is 9.90 Å². The van der Waals surface area contributed by atoms with Crippen LogP contribution in [0.3, 0.4) is 0 Å². The number of phenolic OH excluding ortho intramolecular Hbond substituents is 2. The number of rotatable bonds is 2. The molecule has 0 radical (unpaired) electrons. The monoisotopic (exact) mass is 355 g/mol. The van der Waals surface area contributed by atoms with Crippen molar-refractivity contribution >= 4 is 6.08 Å². The molecule has 0 spiro atoms. The first-order valence-electron chi connectivity index (χ1n) is 8.61. The van der Waals surface area contributed by atoms with Crippen molar-refractivity contribution in [3.63, 3.8) is 0 Å². The lowest BCUT2D eigenvalue weighted by atomic mass is 9.78. The maximum atomic E-state index is 10.5. The number of phenols is 2. The van der Waals surface area contributed by atoms with Crippen molar-refractivity contribution < 1.29 is 15.0 Å². The highest BCUT2D eigenvalue weighted by Crippen LogP contribution is 2.39. The van der Waals surface area contributed by atoms with Crippen LogP contribution in [-0.2, 0) is 22.2 Å². The number of isocyanates is 1. The van der Waals surface area contributed by atoms with E-state index in [1.165, 1.54) is 0 Å². The zero-order valence-electron chi connectivity index (χ0n) is 16.5. The Bertz CT molecular complexity index is 727. The van der Waals surface area contributed by atoms with Crippen LogP contribution in [0.5, 0.6) is 11.5 Å². The molecule has 0 saturated carbocycles. The normalized spacial score (nSPS) is 11.2. The second-order valence-corrected chi connectivity index (χ2v) is 8.28. The summed E-state index contributed by atoms with van der Waals surface area (Å²) in [6, 6.07) is 12.6. The maximum Gasteiger partial charge on any atom is 0.235 e. The van der Waals surface area contributed by atoms with Crippen LogP contribution in [0.15, 0.2) is 47.5 Å². The quantitative estimate of drug-likeness (QED) is 0.573. The van der Waals surface area contributed by atoms with Gasteiger partial charge in [0.1, 0.15) is 11.5 Å². The van der Waals surface area contributed by atoms with Gasteiger partial charge in [0.25, 0.3) is 0 Å². The van der Waals surface area contributed by atoms with Crippen molar-refractivity contribution in [3.8, 4) is 11.5 Å². The highest BCUT2D eigenvalue weighted by Gasteiger charge is 2.26. The van der Waals surface area contributed by atoms with Crippen molar-refractivity contribution in [2.24, 2.45) is 4.99 Å². The molecule has 2 aromatic rings. The second kappa shape index (κ2) is 8.68. The van der Waals surface area contributed by atoms with Gasteiger partial charge in [0, 0.05) is 0 Å². The fourth-order valence-electron chi connectivity index (χ4n) is 2.48. The minimum Gasteiger partial charge on any atom is -0.508 e. The van der Waals surface area contributed by atoms with Crippen LogP contribution in [0.25, 0.3) is 0 Å². The number of nitrogens with zero attached hydrogens (tertiary/aromatic N) is 1. The smallest absolute Gasteiger partial charge is 0.235 e. The SMILES string of the molecule is CC(C)(C)c1cc(CN=C=O)cc(C(C)(C)C)c1O.Oc1ccccc1. The van der Waals surface area contributed by atoms with Crippen LogP contribution in [0, 0.1) is 0 Å². The summed E-state index contributed by atoms with van der Waals surface area (Å²) in [5.41, 5.74) is 2.37. The molecular formula is C22H29NO3. The molecule has 0 aliphatic carbocycles. The van der Waals surface area contributed by atoms with Gasteiger partial charge >= 0.3 is 0 Å². The van der Waals surface area contributed by atoms with Crippen LogP contribution >= 0.6 is 0 Å². The van der Waals surface area contributed by atoms with E-state index >= 15 is 0 Å². The lowest BCUT2D eigenvalue weighted by molar-refractivity contribution is 0.422. The Labute approximate surface area is 156 Å². The van der Waals surface area contributed by atoms with E-state index in [2.05, 4.69) is 46.5 Å². The molecule has 0 aromatic heterocycles. The second-order valence-electron chi connectivity index (χ2n) is 8.28. The average molecular weight is 355 g/mol. The summed E-state index contributed by atoms with van der Waals surface area (Å²) in [5, 5.41) is 19.1. The van der Waals surface area contributed by atoms with E-state index in [0.717, 1.165) is 16.7 Å². The van der Waals surface area contributed by atoms with Gasteiger partial charge in [-0.1, -0.05) is 59.7 Å². The molecule has 2 N–H and O–H groups in total. The number of carbonyl (C=O) groups excluding carboxylic acids is 1. The van der Waals surface area contributed by atoms with Crippen LogP contribution < -0.4 is 0 Å². The molecule has 0 fully saturated rings. The first-order chi connectivity index (χ1) is 12.0. The van der Waals surface area contributed by atoms with Gasteiger partial charge in [0.2, 0.25) is 6.08 Å². The van der Waals surface area contributed by atoms with Crippen molar-refractivity contribution in [1.82, 2.24) is 0 Å². The fraction of sp³-hybridized carbons (Fsp3) is 0.409. The van der Waals surface area contributed by atoms with Gasteiger partial charge in [0.05, 0.1) is 6.54 Å². The summed E-state index contributed by atoms with van der Waals surface area (Å²) < 4.78 is 0. The average Bonchev–Trinajstić information content (AvgIpc) is 2.53. The molecular weight excluding hydrogens is 326 g/mol. The Morgan fingerprint density at radius 2 is 1.35 bits per heavy atom. The number of aliphatic imine (C=N–C) groups is 1. The fourth-order valence-corrected chi connectivity index (χ4v) is 2.48. The third-order valence-corrected chi connectivity index (χ3v) is 3.87. The summed E-state index contributed by atoms with van der Waals surface area (Å²) in [7, 11) is 0. The predicted octanol–water partition coefficient (Wildman–Crippen LogP) is 5.22. The molecule has 0 unspecified atom stereocenters. The molecule has 0 aliphatic heterocycles. The molecule has 0 saturated heterocycles.